The molecule has 96 valence electrons. The van der Waals surface area contributed by atoms with Crippen LogP contribution in [0.1, 0.15) is 19.8 Å². The summed E-state index contributed by atoms with van der Waals surface area (Å²) in [6, 6.07) is 5.51. The maximum absolute atomic E-state index is 9.71. The molecule has 0 bridgehead atoms. The lowest BCUT2D eigenvalue weighted by Gasteiger charge is -2.12. The van der Waals surface area contributed by atoms with Gasteiger partial charge in [0.05, 0.1) is 11.6 Å². The monoisotopic (exact) mass is 246 g/mol. The van der Waals surface area contributed by atoms with Gasteiger partial charge in [-0.1, -0.05) is 13.3 Å². The summed E-state index contributed by atoms with van der Waals surface area (Å²) < 4.78 is 0. The SMILES string of the molecule is CCCC(O)CNc1ncnc2ccc(N)cc12. The Hall–Kier alpha value is -1.88. The summed E-state index contributed by atoms with van der Waals surface area (Å²) in [5.41, 5.74) is 7.28. The molecule has 1 atom stereocenters. The number of hydrogen-bond acceptors (Lipinski definition) is 5. The summed E-state index contributed by atoms with van der Waals surface area (Å²) in [4.78, 5) is 8.37. The Labute approximate surface area is 106 Å². The van der Waals surface area contributed by atoms with E-state index in [0.717, 1.165) is 23.7 Å². The van der Waals surface area contributed by atoms with E-state index < -0.39 is 0 Å². The van der Waals surface area contributed by atoms with E-state index in [1.807, 2.05) is 25.1 Å². The number of nitrogens with one attached hydrogen (secondary N) is 1. The molecule has 18 heavy (non-hydrogen) atoms. The highest BCUT2D eigenvalue weighted by atomic mass is 16.3. The largest absolute Gasteiger partial charge is 0.399 e. The van der Waals surface area contributed by atoms with E-state index in [1.165, 1.54) is 6.33 Å². The molecule has 0 aliphatic heterocycles. The molecule has 0 fully saturated rings. The Kier molecular flexibility index (Phi) is 3.94. The molecule has 5 nitrogen and oxygen atoms in total. The molecule has 1 heterocycles. The molecule has 0 aliphatic carbocycles. The van der Waals surface area contributed by atoms with Crippen LogP contribution in [0, 0.1) is 0 Å². The molecular weight excluding hydrogens is 228 g/mol. The quantitative estimate of drug-likeness (QED) is 0.700. The molecule has 0 radical (unpaired) electrons. The number of aliphatic hydroxyl groups is 1. The molecule has 0 amide bonds. The molecule has 0 saturated carbocycles. The molecule has 1 aromatic heterocycles. The second-order valence-corrected chi connectivity index (χ2v) is 4.32. The predicted octanol–water partition coefficient (Wildman–Crippen LogP) is 1.78. The maximum Gasteiger partial charge on any atom is 0.137 e. The summed E-state index contributed by atoms with van der Waals surface area (Å²) in [7, 11) is 0. The molecule has 2 aromatic rings. The number of nitrogens with two attached hydrogens (primary N) is 1. The van der Waals surface area contributed by atoms with Gasteiger partial charge in [0.15, 0.2) is 0 Å². The Morgan fingerprint density at radius 1 is 1.39 bits per heavy atom. The van der Waals surface area contributed by atoms with Gasteiger partial charge >= 0.3 is 0 Å². The number of hydrogen-bond donors (Lipinski definition) is 3. The van der Waals surface area contributed by atoms with Gasteiger partial charge in [-0.05, 0) is 24.6 Å². The van der Waals surface area contributed by atoms with Gasteiger partial charge in [-0.3, -0.25) is 0 Å². The van der Waals surface area contributed by atoms with Gasteiger partial charge < -0.3 is 16.2 Å². The molecule has 1 unspecified atom stereocenters. The van der Waals surface area contributed by atoms with E-state index >= 15 is 0 Å². The van der Waals surface area contributed by atoms with Crippen LogP contribution >= 0.6 is 0 Å². The van der Waals surface area contributed by atoms with Crippen LogP contribution in [0.5, 0.6) is 0 Å². The molecule has 0 spiro atoms. The highest BCUT2D eigenvalue weighted by Gasteiger charge is 2.06. The Balaban J connectivity index is 2.19. The first kappa shape index (κ1) is 12.6. The predicted molar refractivity (Wildman–Crippen MR) is 73.4 cm³/mol. The number of fused-ring (bicyclic) bond motifs is 1. The van der Waals surface area contributed by atoms with Crippen molar-refractivity contribution in [2.45, 2.75) is 25.9 Å². The Morgan fingerprint density at radius 2 is 2.22 bits per heavy atom. The van der Waals surface area contributed by atoms with Crippen LogP contribution in [0.2, 0.25) is 0 Å². The molecule has 0 saturated heterocycles. The molecule has 4 N–H and O–H groups in total. The molecule has 2 rings (SSSR count). The average molecular weight is 246 g/mol. The van der Waals surface area contributed by atoms with Crippen molar-refractivity contribution in [3.8, 4) is 0 Å². The van der Waals surface area contributed by atoms with E-state index in [1.54, 1.807) is 0 Å². The first-order valence-electron chi connectivity index (χ1n) is 6.13. The minimum atomic E-state index is -0.360. The molecule has 0 aliphatic rings. The van der Waals surface area contributed by atoms with Crippen molar-refractivity contribution >= 4 is 22.4 Å². The van der Waals surface area contributed by atoms with Crippen LogP contribution in [0.4, 0.5) is 11.5 Å². The number of aliphatic hydroxyl groups excluding tert-OH is 1. The van der Waals surface area contributed by atoms with Gasteiger partial charge in [0.1, 0.15) is 12.1 Å². The fraction of sp³-hybridized carbons (Fsp3) is 0.385. The lowest BCUT2D eigenvalue weighted by atomic mass is 10.2. The van der Waals surface area contributed by atoms with Crippen LogP contribution in [0.25, 0.3) is 10.9 Å². The first-order chi connectivity index (χ1) is 8.70. The van der Waals surface area contributed by atoms with Gasteiger partial charge in [0, 0.05) is 17.6 Å². The standard InChI is InChI=1S/C13H18N4O/c1-2-3-10(18)7-15-13-11-6-9(14)4-5-12(11)16-8-17-13/h4-6,8,10,18H,2-3,7,14H2,1H3,(H,15,16,17). The maximum atomic E-state index is 9.71. The fourth-order valence-electron chi connectivity index (χ4n) is 1.86. The van der Waals surface area contributed by atoms with Crippen LogP contribution in [0.15, 0.2) is 24.5 Å². The summed E-state index contributed by atoms with van der Waals surface area (Å²) in [5, 5.41) is 13.7. The van der Waals surface area contributed by atoms with E-state index in [2.05, 4.69) is 15.3 Å². The minimum Gasteiger partial charge on any atom is -0.399 e. The molecule has 5 heteroatoms. The topological polar surface area (TPSA) is 84.1 Å². The second kappa shape index (κ2) is 5.64. The van der Waals surface area contributed by atoms with Crippen molar-refractivity contribution in [1.82, 2.24) is 9.97 Å². The van der Waals surface area contributed by atoms with Gasteiger partial charge in [0.25, 0.3) is 0 Å². The highest BCUT2D eigenvalue weighted by molar-refractivity contribution is 5.91. The number of nitrogens with zero attached hydrogens (tertiary/aromatic N) is 2. The smallest absolute Gasteiger partial charge is 0.137 e. The van der Waals surface area contributed by atoms with Gasteiger partial charge in [0.2, 0.25) is 0 Å². The minimum absolute atomic E-state index is 0.360. The average Bonchev–Trinajstić information content (AvgIpc) is 2.36. The first-order valence-corrected chi connectivity index (χ1v) is 6.13. The van der Waals surface area contributed by atoms with Crippen molar-refractivity contribution in [1.29, 1.82) is 0 Å². The third kappa shape index (κ3) is 2.87. The second-order valence-electron chi connectivity index (χ2n) is 4.32. The summed E-state index contributed by atoms with van der Waals surface area (Å²) in [6.07, 6.45) is 2.88. The van der Waals surface area contributed by atoms with E-state index in [-0.39, 0.29) is 6.10 Å². The van der Waals surface area contributed by atoms with Crippen molar-refractivity contribution in [2.24, 2.45) is 0 Å². The van der Waals surface area contributed by atoms with Crippen LogP contribution in [-0.2, 0) is 0 Å². The van der Waals surface area contributed by atoms with Crippen molar-refractivity contribution in [3.63, 3.8) is 0 Å². The third-order valence-corrected chi connectivity index (χ3v) is 2.79. The van der Waals surface area contributed by atoms with Crippen LogP contribution < -0.4 is 11.1 Å². The third-order valence-electron chi connectivity index (χ3n) is 2.79. The van der Waals surface area contributed by atoms with Crippen molar-refractivity contribution in [3.05, 3.63) is 24.5 Å². The van der Waals surface area contributed by atoms with Crippen molar-refractivity contribution < 1.29 is 5.11 Å². The zero-order valence-corrected chi connectivity index (χ0v) is 10.4. The fourth-order valence-corrected chi connectivity index (χ4v) is 1.86. The number of aromatic nitrogens is 2. The van der Waals surface area contributed by atoms with E-state index in [0.29, 0.717) is 18.1 Å². The molecular formula is C13H18N4O. The summed E-state index contributed by atoms with van der Waals surface area (Å²) in [6.45, 7) is 2.53. The lowest BCUT2D eigenvalue weighted by molar-refractivity contribution is 0.176. The summed E-state index contributed by atoms with van der Waals surface area (Å²) >= 11 is 0. The van der Waals surface area contributed by atoms with Gasteiger partial charge in [-0.2, -0.15) is 0 Å². The normalized spacial score (nSPS) is 12.6. The zero-order chi connectivity index (χ0) is 13.0. The number of rotatable bonds is 5. The Morgan fingerprint density at radius 3 is 3.00 bits per heavy atom. The van der Waals surface area contributed by atoms with E-state index in [4.69, 9.17) is 5.73 Å². The highest BCUT2D eigenvalue weighted by Crippen LogP contribution is 2.21. The van der Waals surface area contributed by atoms with Crippen molar-refractivity contribution in [2.75, 3.05) is 17.6 Å². The summed E-state index contributed by atoms with van der Waals surface area (Å²) in [5.74, 6) is 0.711. The number of benzene rings is 1. The number of anilines is 2. The Bertz CT molecular complexity index is 529. The zero-order valence-electron chi connectivity index (χ0n) is 10.4. The van der Waals surface area contributed by atoms with Gasteiger partial charge in [-0.25, -0.2) is 9.97 Å². The van der Waals surface area contributed by atoms with Crippen LogP contribution in [-0.4, -0.2) is 27.7 Å². The number of nitrogen functional groups attached to an aromatic ring is 1. The van der Waals surface area contributed by atoms with E-state index in [9.17, 15) is 5.11 Å². The van der Waals surface area contributed by atoms with Gasteiger partial charge in [-0.15, -0.1) is 0 Å². The lowest BCUT2D eigenvalue weighted by Crippen LogP contribution is -2.19. The van der Waals surface area contributed by atoms with Crippen LogP contribution in [0.3, 0.4) is 0 Å². The molecule has 1 aromatic carbocycles.